The minimum atomic E-state index is -0.289. The molecule has 0 aliphatic heterocycles. The number of nitrogens with one attached hydrogen (secondary N) is 1. The third-order valence-corrected chi connectivity index (χ3v) is 4.47. The van der Waals surface area contributed by atoms with Gasteiger partial charge in [-0.1, -0.05) is 11.6 Å². The Morgan fingerprint density at radius 3 is 2.61 bits per heavy atom. The van der Waals surface area contributed by atoms with Crippen molar-refractivity contribution in [1.82, 2.24) is 25.0 Å². The number of aromatic nitrogens is 3. The highest BCUT2D eigenvalue weighted by Gasteiger charge is 2.17. The van der Waals surface area contributed by atoms with Crippen molar-refractivity contribution in [3.63, 3.8) is 0 Å². The topological polar surface area (TPSA) is 72.3 Å². The standard InChI is InChI=1S/C20H22ClN5O2/c1-25(2)11-10-23-20(27)26-13-16(14-6-8-22-9-7-14)19(24-26)15-4-5-18(28-3)17(21)12-15/h4-9,12-13H,10-11H2,1-3H3,(H,23,27). The van der Waals surface area contributed by atoms with Crippen LogP contribution in [0.1, 0.15) is 0 Å². The van der Waals surface area contributed by atoms with Crippen LogP contribution in [0.2, 0.25) is 5.02 Å². The van der Waals surface area contributed by atoms with E-state index in [2.05, 4.69) is 15.4 Å². The van der Waals surface area contributed by atoms with Gasteiger partial charge in [-0.2, -0.15) is 9.78 Å². The van der Waals surface area contributed by atoms with Crippen LogP contribution in [0, 0.1) is 0 Å². The average Bonchev–Trinajstić information content (AvgIpc) is 3.14. The van der Waals surface area contributed by atoms with Crippen molar-refractivity contribution in [2.75, 3.05) is 34.3 Å². The van der Waals surface area contributed by atoms with Gasteiger partial charge < -0.3 is 15.0 Å². The summed E-state index contributed by atoms with van der Waals surface area (Å²) in [6.07, 6.45) is 5.12. The summed E-state index contributed by atoms with van der Waals surface area (Å²) in [4.78, 5) is 18.6. The molecular weight excluding hydrogens is 378 g/mol. The molecule has 0 saturated carbocycles. The fraction of sp³-hybridized carbons (Fsp3) is 0.250. The fourth-order valence-corrected chi connectivity index (χ4v) is 2.97. The SMILES string of the molecule is COc1ccc(-c2nn(C(=O)NCCN(C)C)cc2-c2ccncc2)cc1Cl. The van der Waals surface area contributed by atoms with Crippen LogP contribution in [0.5, 0.6) is 5.75 Å². The van der Waals surface area contributed by atoms with Gasteiger partial charge in [0.05, 0.1) is 12.1 Å². The summed E-state index contributed by atoms with van der Waals surface area (Å²) >= 11 is 6.29. The van der Waals surface area contributed by atoms with Crippen LogP contribution in [-0.4, -0.2) is 60.0 Å². The van der Waals surface area contributed by atoms with Crippen LogP contribution in [0.25, 0.3) is 22.4 Å². The van der Waals surface area contributed by atoms with Gasteiger partial charge in [-0.15, -0.1) is 0 Å². The second-order valence-electron chi connectivity index (χ2n) is 6.46. The number of methoxy groups -OCH3 is 1. The van der Waals surface area contributed by atoms with Gasteiger partial charge in [0.15, 0.2) is 0 Å². The number of likely N-dealkylation sites (N-methyl/N-ethyl adjacent to an activating group) is 1. The Labute approximate surface area is 168 Å². The fourth-order valence-electron chi connectivity index (χ4n) is 2.72. The van der Waals surface area contributed by atoms with Crippen molar-refractivity contribution in [1.29, 1.82) is 0 Å². The molecule has 0 radical (unpaired) electrons. The van der Waals surface area contributed by atoms with Gasteiger partial charge >= 0.3 is 6.03 Å². The van der Waals surface area contributed by atoms with E-state index in [1.807, 2.05) is 37.2 Å². The van der Waals surface area contributed by atoms with E-state index in [0.29, 0.717) is 23.0 Å². The highest BCUT2D eigenvalue weighted by molar-refractivity contribution is 6.32. The molecule has 0 atom stereocenters. The molecule has 0 spiro atoms. The number of nitrogens with zero attached hydrogens (tertiary/aromatic N) is 4. The summed E-state index contributed by atoms with van der Waals surface area (Å²) in [5.41, 5.74) is 3.16. The van der Waals surface area contributed by atoms with Crippen LogP contribution in [0.15, 0.2) is 48.9 Å². The van der Waals surface area contributed by atoms with E-state index in [1.54, 1.807) is 37.8 Å². The first-order valence-corrected chi connectivity index (χ1v) is 9.14. The minimum absolute atomic E-state index is 0.289. The molecule has 2 aromatic heterocycles. The van der Waals surface area contributed by atoms with Gasteiger partial charge in [0.1, 0.15) is 11.4 Å². The molecule has 7 nitrogen and oxygen atoms in total. The summed E-state index contributed by atoms with van der Waals surface area (Å²) in [5, 5.41) is 7.86. The molecule has 0 aliphatic carbocycles. The van der Waals surface area contributed by atoms with E-state index < -0.39 is 0 Å². The first-order valence-electron chi connectivity index (χ1n) is 8.76. The quantitative estimate of drug-likeness (QED) is 0.687. The summed E-state index contributed by atoms with van der Waals surface area (Å²) in [6, 6.07) is 8.89. The van der Waals surface area contributed by atoms with Crippen LogP contribution in [0.4, 0.5) is 4.79 Å². The number of carbonyl (C=O) groups excluding carboxylic acids is 1. The number of hydrogen-bond donors (Lipinski definition) is 1. The Kier molecular flexibility index (Phi) is 6.28. The molecule has 8 heteroatoms. The molecule has 0 bridgehead atoms. The van der Waals surface area contributed by atoms with E-state index in [4.69, 9.17) is 16.3 Å². The summed E-state index contributed by atoms with van der Waals surface area (Å²) in [7, 11) is 5.47. The number of amides is 1. The van der Waals surface area contributed by atoms with E-state index in [-0.39, 0.29) is 6.03 Å². The molecule has 1 amide bonds. The van der Waals surface area contributed by atoms with Crippen LogP contribution in [-0.2, 0) is 0 Å². The third kappa shape index (κ3) is 4.49. The van der Waals surface area contributed by atoms with Crippen molar-refractivity contribution in [3.05, 3.63) is 53.9 Å². The van der Waals surface area contributed by atoms with Crippen molar-refractivity contribution < 1.29 is 9.53 Å². The van der Waals surface area contributed by atoms with Gasteiger partial charge in [0, 0.05) is 42.8 Å². The number of hydrogen-bond acceptors (Lipinski definition) is 5. The number of pyridine rings is 1. The molecule has 2 heterocycles. The van der Waals surface area contributed by atoms with Gasteiger partial charge in [-0.3, -0.25) is 4.98 Å². The lowest BCUT2D eigenvalue weighted by Crippen LogP contribution is -2.34. The minimum Gasteiger partial charge on any atom is -0.495 e. The molecule has 1 N–H and O–H groups in total. The lowest BCUT2D eigenvalue weighted by Gasteiger charge is -2.10. The van der Waals surface area contributed by atoms with Crippen molar-refractivity contribution >= 4 is 17.6 Å². The molecule has 3 aromatic rings. The van der Waals surface area contributed by atoms with Crippen molar-refractivity contribution in [2.24, 2.45) is 0 Å². The lowest BCUT2D eigenvalue weighted by molar-refractivity contribution is 0.238. The molecule has 3 rings (SSSR count). The molecule has 0 fully saturated rings. The van der Waals surface area contributed by atoms with E-state index >= 15 is 0 Å². The molecule has 0 saturated heterocycles. The van der Waals surface area contributed by atoms with E-state index in [9.17, 15) is 4.79 Å². The highest BCUT2D eigenvalue weighted by atomic mass is 35.5. The second-order valence-corrected chi connectivity index (χ2v) is 6.86. The Balaban J connectivity index is 1.99. The van der Waals surface area contributed by atoms with E-state index in [1.165, 1.54) is 4.68 Å². The number of halogens is 1. The first kappa shape index (κ1) is 19.9. The number of carbonyl (C=O) groups is 1. The van der Waals surface area contributed by atoms with Crippen LogP contribution < -0.4 is 10.1 Å². The van der Waals surface area contributed by atoms with Crippen LogP contribution in [0.3, 0.4) is 0 Å². The average molecular weight is 400 g/mol. The molecule has 146 valence electrons. The first-order chi connectivity index (χ1) is 13.5. The maximum absolute atomic E-state index is 12.5. The van der Waals surface area contributed by atoms with Crippen molar-refractivity contribution in [3.8, 4) is 28.1 Å². The number of ether oxygens (including phenoxy) is 1. The Bertz CT molecular complexity index is 956. The van der Waals surface area contributed by atoms with Crippen molar-refractivity contribution in [2.45, 2.75) is 0 Å². The summed E-state index contributed by atoms with van der Waals surface area (Å²) < 4.78 is 6.54. The van der Waals surface area contributed by atoms with E-state index in [0.717, 1.165) is 23.2 Å². The van der Waals surface area contributed by atoms with Gasteiger partial charge in [0.2, 0.25) is 0 Å². The number of benzene rings is 1. The predicted molar refractivity (Wildman–Crippen MR) is 110 cm³/mol. The summed E-state index contributed by atoms with van der Waals surface area (Å²) in [6.45, 7) is 1.27. The zero-order valence-electron chi connectivity index (χ0n) is 16.0. The van der Waals surface area contributed by atoms with Crippen LogP contribution >= 0.6 is 11.6 Å². The maximum Gasteiger partial charge on any atom is 0.342 e. The third-order valence-electron chi connectivity index (χ3n) is 4.17. The zero-order valence-corrected chi connectivity index (χ0v) is 16.8. The lowest BCUT2D eigenvalue weighted by atomic mass is 10.0. The van der Waals surface area contributed by atoms with Gasteiger partial charge in [0.25, 0.3) is 0 Å². The normalized spacial score (nSPS) is 10.9. The maximum atomic E-state index is 12.5. The summed E-state index contributed by atoms with van der Waals surface area (Å²) in [5.74, 6) is 0.580. The monoisotopic (exact) mass is 399 g/mol. The number of rotatable bonds is 6. The second kappa shape index (κ2) is 8.86. The zero-order chi connectivity index (χ0) is 20.1. The Morgan fingerprint density at radius 1 is 1.21 bits per heavy atom. The highest BCUT2D eigenvalue weighted by Crippen LogP contribution is 2.34. The molecule has 1 aromatic carbocycles. The molecule has 28 heavy (non-hydrogen) atoms. The van der Waals surface area contributed by atoms with Gasteiger partial charge in [-0.05, 0) is 50.0 Å². The Hall–Kier alpha value is -2.90. The predicted octanol–water partition coefficient (Wildman–Crippen LogP) is 3.39. The van der Waals surface area contributed by atoms with Gasteiger partial charge in [-0.25, -0.2) is 4.79 Å². The smallest absolute Gasteiger partial charge is 0.342 e. The molecular formula is C20H22ClN5O2. The Morgan fingerprint density at radius 2 is 1.96 bits per heavy atom. The largest absolute Gasteiger partial charge is 0.495 e. The molecule has 0 aliphatic rings. The molecule has 0 unspecified atom stereocenters.